The van der Waals surface area contributed by atoms with Gasteiger partial charge in [0, 0.05) is 24.4 Å². The largest absolute Gasteiger partial charge is 0.302 e. The van der Waals surface area contributed by atoms with Gasteiger partial charge in [-0.3, -0.25) is 14.5 Å². The lowest BCUT2D eigenvalue weighted by Gasteiger charge is -2.36. The van der Waals surface area contributed by atoms with Gasteiger partial charge in [-0.1, -0.05) is 0 Å². The fourth-order valence-corrected chi connectivity index (χ4v) is 3.50. The Hall–Kier alpha value is -2.22. The van der Waals surface area contributed by atoms with Crippen LogP contribution in [0.3, 0.4) is 0 Å². The molecule has 2 aromatic heterocycles. The van der Waals surface area contributed by atoms with Crippen LogP contribution in [-0.4, -0.2) is 32.6 Å². The van der Waals surface area contributed by atoms with Crippen LogP contribution in [0.15, 0.2) is 17.6 Å². The molecule has 7 nitrogen and oxygen atoms in total. The molecule has 0 spiro atoms. The van der Waals surface area contributed by atoms with E-state index in [0.717, 1.165) is 12.2 Å². The number of nitrogens with one attached hydrogen (secondary N) is 1. The lowest BCUT2D eigenvalue weighted by Crippen LogP contribution is -2.45. The highest BCUT2D eigenvalue weighted by atomic mass is 32.1. The second-order valence-corrected chi connectivity index (χ2v) is 6.32. The van der Waals surface area contributed by atoms with Crippen LogP contribution in [-0.2, 0) is 4.79 Å². The van der Waals surface area contributed by atoms with E-state index in [2.05, 4.69) is 22.3 Å². The van der Waals surface area contributed by atoms with Crippen molar-refractivity contribution in [3.63, 3.8) is 0 Å². The number of nitrogens with zero attached hydrogens (tertiary/aromatic N) is 4. The first-order valence-electron chi connectivity index (χ1n) is 7.07. The monoisotopic (exact) mass is 319 g/mol. The number of rotatable bonds is 2. The van der Waals surface area contributed by atoms with Crippen LogP contribution in [0.4, 0.5) is 10.9 Å². The Balaban J connectivity index is 1.90. The van der Waals surface area contributed by atoms with Crippen LogP contribution in [0.25, 0.3) is 0 Å². The van der Waals surface area contributed by atoms with Gasteiger partial charge in [-0.25, -0.2) is 9.67 Å². The number of carbonyl (C=O) groups is 2. The van der Waals surface area contributed by atoms with Crippen LogP contribution < -0.4 is 10.2 Å². The summed E-state index contributed by atoms with van der Waals surface area (Å²) in [6, 6.07) is 2.16. The molecule has 2 amide bonds. The fourth-order valence-electron chi connectivity index (χ4n) is 2.77. The minimum absolute atomic E-state index is 0.0672. The molecule has 1 aliphatic heterocycles. The molecule has 116 valence electrons. The number of thiazole rings is 1. The molecular weight excluding hydrogens is 302 g/mol. The molecule has 0 bridgehead atoms. The summed E-state index contributed by atoms with van der Waals surface area (Å²) < 4.78 is 1.86. The Kier molecular flexibility index (Phi) is 3.69. The van der Waals surface area contributed by atoms with E-state index in [1.807, 2.05) is 17.7 Å². The number of amides is 2. The van der Waals surface area contributed by atoms with E-state index in [-0.39, 0.29) is 23.9 Å². The van der Waals surface area contributed by atoms with Gasteiger partial charge in [-0.2, -0.15) is 5.10 Å². The molecule has 2 unspecified atom stereocenters. The number of hydrogen-bond donors (Lipinski definition) is 1. The van der Waals surface area contributed by atoms with Gasteiger partial charge in [0.05, 0.1) is 12.2 Å². The number of anilines is 2. The third-order valence-corrected chi connectivity index (χ3v) is 4.42. The Bertz CT molecular complexity index is 722. The number of hydrogen-bond acceptors (Lipinski definition) is 5. The van der Waals surface area contributed by atoms with Crippen molar-refractivity contribution in [2.24, 2.45) is 0 Å². The summed E-state index contributed by atoms with van der Waals surface area (Å²) >= 11 is 1.24. The third kappa shape index (κ3) is 2.50. The van der Waals surface area contributed by atoms with E-state index in [4.69, 9.17) is 0 Å². The first kappa shape index (κ1) is 14.7. The topological polar surface area (TPSA) is 80.1 Å². The van der Waals surface area contributed by atoms with Gasteiger partial charge in [-0.15, -0.1) is 11.3 Å². The molecule has 0 aliphatic carbocycles. The summed E-state index contributed by atoms with van der Waals surface area (Å²) in [5, 5.41) is 8.99. The lowest BCUT2D eigenvalue weighted by molar-refractivity contribution is -0.114. The fraction of sp³-hybridized carbons (Fsp3) is 0.429. The minimum Gasteiger partial charge on any atom is -0.302 e. The predicted octanol–water partition coefficient (Wildman–Crippen LogP) is 2.30. The maximum Gasteiger partial charge on any atom is 0.279 e. The average molecular weight is 319 g/mol. The number of carbonyl (C=O) groups excluding carboxylic acids is 2. The predicted molar refractivity (Wildman–Crippen MR) is 84.2 cm³/mol. The molecule has 0 saturated heterocycles. The summed E-state index contributed by atoms with van der Waals surface area (Å²) in [5.41, 5.74) is 0.336. The Morgan fingerprint density at radius 3 is 2.86 bits per heavy atom. The first-order valence-corrected chi connectivity index (χ1v) is 7.95. The van der Waals surface area contributed by atoms with Crippen molar-refractivity contribution in [1.29, 1.82) is 0 Å². The SMILES string of the molecule is CC(=O)Nc1nc(C(=O)N2c3ccnn3C(C)CC2C)cs1. The zero-order valence-electron chi connectivity index (χ0n) is 12.6. The smallest absolute Gasteiger partial charge is 0.279 e. The van der Waals surface area contributed by atoms with E-state index in [1.54, 1.807) is 16.5 Å². The third-order valence-electron chi connectivity index (χ3n) is 3.66. The summed E-state index contributed by atoms with van der Waals surface area (Å²) in [5.74, 6) is 0.408. The average Bonchev–Trinajstić information content (AvgIpc) is 3.06. The van der Waals surface area contributed by atoms with Gasteiger partial charge in [0.1, 0.15) is 11.5 Å². The van der Waals surface area contributed by atoms with Gasteiger partial charge in [0.15, 0.2) is 5.13 Å². The highest BCUT2D eigenvalue weighted by Crippen LogP contribution is 2.32. The maximum absolute atomic E-state index is 12.8. The Morgan fingerprint density at radius 2 is 2.14 bits per heavy atom. The molecule has 3 rings (SSSR count). The van der Waals surface area contributed by atoms with E-state index in [1.165, 1.54) is 18.3 Å². The molecule has 1 aliphatic rings. The molecule has 3 heterocycles. The van der Waals surface area contributed by atoms with Crippen LogP contribution in [0, 0.1) is 0 Å². The van der Waals surface area contributed by atoms with Crippen molar-refractivity contribution in [1.82, 2.24) is 14.8 Å². The molecule has 0 aromatic carbocycles. The van der Waals surface area contributed by atoms with Crippen molar-refractivity contribution in [2.75, 3.05) is 10.2 Å². The maximum atomic E-state index is 12.8. The normalized spacial score (nSPS) is 20.6. The van der Waals surface area contributed by atoms with E-state index in [0.29, 0.717) is 10.8 Å². The zero-order chi connectivity index (χ0) is 15.9. The van der Waals surface area contributed by atoms with Gasteiger partial charge in [-0.05, 0) is 20.3 Å². The molecule has 8 heteroatoms. The molecule has 0 saturated carbocycles. The molecule has 2 atom stereocenters. The Labute approximate surface area is 132 Å². The van der Waals surface area contributed by atoms with Crippen LogP contribution in [0.5, 0.6) is 0 Å². The highest BCUT2D eigenvalue weighted by Gasteiger charge is 2.33. The second-order valence-electron chi connectivity index (χ2n) is 5.46. The van der Waals surface area contributed by atoms with Crippen LogP contribution in [0.2, 0.25) is 0 Å². The molecular formula is C14H17N5O2S. The van der Waals surface area contributed by atoms with Crippen molar-refractivity contribution in [3.05, 3.63) is 23.3 Å². The minimum atomic E-state index is -0.202. The van der Waals surface area contributed by atoms with Crippen molar-refractivity contribution >= 4 is 34.1 Å². The summed E-state index contributed by atoms with van der Waals surface area (Å²) in [6.45, 7) is 5.52. The van der Waals surface area contributed by atoms with Gasteiger partial charge in [0.25, 0.3) is 5.91 Å². The van der Waals surface area contributed by atoms with Crippen LogP contribution in [0.1, 0.15) is 43.7 Å². The standard InChI is InChI=1S/C14H17N5O2S/c1-8-6-9(2)19-12(4-5-15-19)18(8)13(21)11-7-22-14(17-11)16-10(3)20/h4-5,7-9H,6H2,1-3H3,(H,16,17,20). The van der Waals surface area contributed by atoms with Gasteiger partial charge >= 0.3 is 0 Å². The molecule has 1 N–H and O–H groups in total. The lowest BCUT2D eigenvalue weighted by atomic mass is 10.1. The summed E-state index contributed by atoms with van der Waals surface area (Å²) in [4.78, 5) is 29.8. The van der Waals surface area contributed by atoms with E-state index >= 15 is 0 Å². The van der Waals surface area contributed by atoms with E-state index < -0.39 is 0 Å². The van der Waals surface area contributed by atoms with E-state index in [9.17, 15) is 9.59 Å². The molecule has 2 aromatic rings. The number of aromatic nitrogens is 3. The van der Waals surface area contributed by atoms with Crippen molar-refractivity contribution in [2.45, 2.75) is 39.3 Å². The van der Waals surface area contributed by atoms with Crippen molar-refractivity contribution in [3.8, 4) is 0 Å². The Morgan fingerprint density at radius 1 is 1.36 bits per heavy atom. The first-order chi connectivity index (χ1) is 10.5. The molecule has 22 heavy (non-hydrogen) atoms. The molecule has 0 radical (unpaired) electrons. The highest BCUT2D eigenvalue weighted by molar-refractivity contribution is 7.14. The second kappa shape index (κ2) is 5.53. The number of fused-ring (bicyclic) bond motifs is 1. The zero-order valence-corrected chi connectivity index (χ0v) is 13.4. The van der Waals surface area contributed by atoms with Crippen LogP contribution >= 0.6 is 11.3 Å². The van der Waals surface area contributed by atoms with Gasteiger partial charge in [0.2, 0.25) is 5.91 Å². The summed E-state index contributed by atoms with van der Waals surface area (Å²) in [7, 11) is 0. The van der Waals surface area contributed by atoms with Crippen molar-refractivity contribution < 1.29 is 9.59 Å². The summed E-state index contributed by atoms with van der Waals surface area (Å²) in [6.07, 6.45) is 2.54. The quantitative estimate of drug-likeness (QED) is 0.921. The van der Waals surface area contributed by atoms with Gasteiger partial charge < -0.3 is 5.32 Å². The molecule has 0 fully saturated rings.